The van der Waals surface area contributed by atoms with Gasteiger partial charge < -0.3 is 14.8 Å². The fraction of sp³-hybridized carbons (Fsp3) is 0.294. The van der Waals surface area contributed by atoms with Crippen LogP contribution in [0.15, 0.2) is 42.7 Å². The minimum absolute atomic E-state index is 0.108. The maximum atomic E-state index is 12.0. The molecule has 0 saturated heterocycles. The lowest BCUT2D eigenvalue weighted by molar-refractivity contribution is -0.116. The number of para-hydroxylation sites is 1. The predicted molar refractivity (Wildman–Crippen MR) is 90.1 cm³/mol. The van der Waals surface area contributed by atoms with E-state index in [1.165, 1.54) is 0 Å². The highest BCUT2D eigenvalue weighted by molar-refractivity contribution is 6.32. The van der Waals surface area contributed by atoms with Gasteiger partial charge in [-0.2, -0.15) is 0 Å². The van der Waals surface area contributed by atoms with Crippen molar-refractivity contribution in [1.82, 2.24) is 4.98 Å². The van der Waals surface area contributed by atoms with E-state index in [4.69, 9.17) is 21.1 Å². The van der Waals surface area contributed by atoms with E-state index in [1.807, 2.05) is 6.92 Å². The van der Waals surface area contributed by atoms with Gasteiger partial charge in [-0.1, -0.05) is 17.7 Å². The molecule has 5 nitrogen and oxygen atoms in total. The molecule has 1 aromatic carbocycles. The van der Waals surface area contributed by atoms with E-state index in [1.54, 1.807) is 42.7 Å². The molecule has 0 fully saturated rings. The summed E-state index contributed by atoms with van der Waals surface area (Å²) in [5.74, 6) is 0.843. The number of nitrogens with zero attached hydrogens (tertiary/aromatic N) is 1. The second kappa shape index (κ2) is 9.12. The number of aromatic nitrogens is 1. The van der Waals surface area contributed by atoms with Gasteiger partial charge in [-0.05, 0) is 37.6 Å². The molecule has 23 heavy (non-hydrogen) atoms. The van der Waals surface area contributed by atoms with Crippen LogP contribution in [-0.4, -0.2) is 24.1 Å². The number of nitrogens with one attached hydrogen (secondary N) is 1. The number of hydrogen-bond donors (Lipinski definition) is 1. The number of hydrogen-bond acceptors (Lipinski definition) is 4. The highest BCUT2D eigenvalue weighted by Gasteiger charge is 2.12. The Kier molecular flexibility index (Phi) is 6.84. The summed E-state index contributed by atoms with van der Waals surface area (Å²) in [7, 11) is 0. The van der Waals surface area contributed by atoms with Crippen molar-refractivity contribution in [3.05, 3.63) is 47.7 Å². The number of rotatable bonds is 8. The Morgan fingerprint density at radius 1 is 1.30 bits per heavy atom. The van der Waals surface area contributed by atoms with Gasteiger partial charge in [-0.25, -0.2) is 0 Å². The van der Waals surface area contributed by atoms with E-state index in [9.17, 15) is 4.79 Å². The predicted octanol–water partition coefficient (Wildman–Crippen LogP) is 4.28. The van der Waals surface area contributed by atoms with Crippen molar-refractivity contribution in [2.24, 2.45) is 0 Å². The Labute approximate surface area is 140 Å². The van der Waals surface area contributed by atoms with Crippen LogP contribution in [0.2, 0.25) is 5.02 Å². The first-order chi connectivity index (χ1) is 11.2. The van der Waals surface area contributed by atoms with Crippen molar-refractivity contribution >= 4 is 23.2 Å². The van der Waals surface area contributed by atoms with Crippen LogP contribution < -0.4 is 10.1 Å². The van der Waals surface area contributed by atoms with E-state index < -0.39 is 0 Å². The summed E-state index contributed by atoms with van der Waals surface area (Å²) in [4.78, 5) is 16.0. The summed E-state index contributed by atoms with van der Waals surface area (Å²) in [5.41, 5.74) is 0.530. The van der Waals surface area contributed by atoms with Crippen molar-refractivity contribution < 1.29 is 14.3 Å². The average molecular weight is 335 g/mol. The second-order valence-electron chi connectivity index (χ2n) is 4.76. The van der Waals surface area contributed by atoms with Crippen LogP contribution in [0.1, 0.15) is 19.8 Å². The van der Waals surface area contributed by atoms with Crippen LogP contribution in [0.5, 0.6) is 11.5 Å². The zero-order chi connectivity index (χ0) is 16.5. The summed E-state index contributed by atoms with van der Waals surface area (Å²) < 4.78 is 11.0. The van der Waals surface area contributed by atoms with Crippen molar-refractivity contribution in [3.63, 3.8) is 0 Å². The Morgan fingerprint density at radius 2 is 2.17 bits per heavy atom. The van der Waals surface area contributed by atoms with Gasteiger partial charge in [-0.3, -0.25) is 9.78 Å². The SMILES string of the molecule is CCOCCCC(=O)Nc1cccc(Cl)c1Oc1cccnc1. The number of pyridine rings is 1. The highest BCUT2D eigenvalue weighted by atomic mass is 35.5. The van der Waals surface area contributed by atoms with Gasteiger partial charge in [-0.15, -0.1) is 0 Å². The van der Waals surface area contributed by atoms with E-state index in [-0.39, 0.29) is 5.91 Å². The lowest BCUT2D eigenvalue weighted by Gasteiger charge is -2.13. The van der Waals surface area contributed by atoms with Crippen LogP contribution in [-0.2, 0) is 9.53 Å². The van der Waals surface area contributed by atoms with E-state index in [0.717, 1.165) is 0 Å². The van der Waals surface area contributed by atoms with Crippen molar-refractivity contribution in [1.29, 1.82) is 0 Å². The van der Waals surface area contributed by atoms with Gasteiger partial charge in [0, 0.05) is 25.8 Å². The third-order valence-electron chi connectivity index (χ3n) is 2.99. The zero-order valence-electron chi connectivity index (χ0n) is 12.9. The molecule has 122 valence electrons. The molecule has 1 N–H and O–H groups in total. The molecular formula is C17H19ClN2O3. The van der Waals surface area contributed by atoms with Crippen LogP contribution >= 0.6 is 11.6 Å². The first kappa shape index (κ1) is 17.2. The molecule has 0 atom stereocenters. The molecule has 2 rings (SSSR count). The largest absolute Gasteiger partial charge is 0.452 e. The molecule has 0 unspecified atom stereocenters. The van der Waals surface area contributed by atoms with Gasteiger partial charge in [0.1, 0.15) is 5.75 Å². The van der Waals surface area contributed by atoms with E-state index >= 15 is 0 Å². The molecule has 0 radical (unpaired) electrons. The van der Waals surface area contributed by atoms with Crippen LogP contribution in [0.4, 0.5) is 5.69 Å². The maximum absolute atomic E-state index is 12.0. The van der Waals surface area contributed by atoms with Crippen LogP contribution in [0, 0.1) is 0 Å². The molecular weight excluding hydrogens is 316 g/mol. The number of ether oxygens (including phenoxy) is 2. The summed E-state index contributed by atoms with van der Waals surface area (Å²) in [6.45, 7) is 3.14. The molecule has 0 aliphatic heterocycles. The third-order valence-corrected chi connectivity index (χ3v) is 3.29. The second-order valence-corrected chi connectivity index (χ2v) is 5.16. The number of carbonyl (C=O) groups is 1. The fourth-order valence-electron chi connectivity index (χ4n) is 1.93. The molecule has 0 spiro atoms. The molecule has 1 heterocycles. The van der Waals surface area contributed by atoms with Crippen molar-refractivity contribution in [3.8, 4) is 11.5 Å². The van der Waals surface area contributed by atoms with Crippen LogP contribution in [0.25, 0.3) is 0 Å². The minimum atomic E-state index is -0.108. The quantitative estimate of drug-likeness (QED) is 0.732. The smallest absolute Gasteiger partial charge is 0.224 e. The van der Waals surface area contributed by atoms with Crippen molar-refractivity contribution in [2.45, 2.75) is 19.8 Å². The molecule has 0 aliphatic carbocycles. The number of anilines is 1. The summed E-state index contributed by atoms with van der Waals surface area (Å²) in [6, 6.07) is 8.74. The number of benzene rings is 1. The molecule has 1 aromatic heterocycles. The first-order valence-electron chi connectivity index (χ1n) is 7.44. The molecule has 0 saturated carbocycles. The molecule has 6 heteroatoms. The molecule has 2 aromatic rings. The standard InChI is InChI=1S/C17H19ClN2O3/c1-2-22-11-5-9-16(21)20-15-8-3-7-14(18)17(15)23-13-6-4-10-19-12-13/h3-4,6-8,10,12H,2,5,9,11H2,1H3,(H,20,21). The van der Waals surface area contributed by atoms with Gasteiger partial charge in [0.15, 0.2) is 5.75 Å². The lowest BCUT2D eigenvalue weighted by Crippen LogP contribution is -2.13. The summed E-state index contributed by atoms with van der Waals surface area (Å²) in [5, 5.41) is 3.24. The number of halogens is 1. The van der Waals surface area contributed by atoms with Gasteiger partial charge in [0.05, 0.1) is 16.9 Å². The van der Waals surface area contributed by atoms with Gasteiger partial charge >= 0.3 is 0 Å². The first-order valence-corrected chi connectivity index (χ1v) is 7.82. The van der Waals surface area contributed by atoms with E-state index in [0.29, 0.717) is 48.3 Å². The summed E-state index contributed by atoms with van der Waals surface area (Å²) in [6.07, 6.45) is 4.27. The normalized spacial score (nSPS) is 10.3. The molecule has 0 bridgehead atoms. The van der Waals surface area contributed by atoms with Gasteiger partial charge in [0.2, 0.25) is 5.91 Å². The van der Waals surface area contributed by atoms with E-state index in [2.05, 4.69) is 10.3 Å². The number of carbonyl (C=O) groups excluding carboxylic acids is 1. The minimum Gasteiger partial charge on any atom is -0.452 e. The number of amides is 1. The maximum Gasteiger partial charge on any atom is 0.224 e. The Morgan fingerprint density at radius 3 is 2.91 bits per heavy atom. The third kappa shape index (κ3) is 5.54. The summed E-state index contributed by atoms with van der Waals surface area (Å²) >= 11 is 6.19. The molecule has 0 aliphatic rings. The molecule has 1 amide bonds. The topological polar surface area (TPSA) is 60.5 Å². The fourth-order valence-corrected chi connectivity index (χ4v) is 2.14. The monoisotopic (exact) mass is 334 g/mol. The highest BCUT2D eigenvalue weighted by Crippen LogP contribution is 2.36. The lowest BCUT2D eigenvalue weighted by atomic mass is 10.2. The Hall–Kier alpha value is -2.11. The average Bonchev–Trinajstić information content (AvgIpc) is 2.56. The zero-order valence-corrected chi connectivity index (χ0v) is 13.7. The van der Waals surface area contributed by atoms with Crippen LogP contribution in [0.3, 0.4) is 0 Å². The van der Waals surface area contributed by atoms with Crippen molar-refractivity contribution in [2.75, 3.05) is 18.5 Å². The Balaban J connectivity index is 2.04. The van der Waals surface area contributed by atoms with Gasteiger partial charge in [0.25, 0.3) is 0 Å². The Bertz CT molecular complexity index is 635.